The minimum absolute atomic E-state index is 0.0442. The van der Waals surface area contributed by atoms with Crippen molar-refractivity contribution in [2.45, 2.75) is 23.9 Å². The normalized spacial score (nSPS) is 12.2. The Hall–Kier alpha value is -2.54. The second-order valence-corrected chi connectivity index (χ2v) is 7.34. The van der Waals surface area contributed by atoms with E-state index in [-0.39, 0.29) is 17.0 Å². The van der Waals surface area contributed by atoms with Gasteiger partial charge in [0.2, 0.25) is 5.91 Å². The zero-order chi connectivity index (χ0) is 18.7. The maximum Gasteiger partial charge on any atom is 0.235 e. The highest BCUT2D eigenvalue weighted by Gasteiger charge is 2.20. The number of hydrogen-bond acceptors (Lipinski definition) is 4. The van der Waals surface area contributed by atoms with Crippen molar-refractivity contribution in [1.82, 2.24) is 14.9 Å². The molecule has 0 aliphatic rings. The van der Waals surface area contributed by atoms with Crippen molar-refractivity contribution in [1.29, 1.82) is 0 Å². The largest absolute Gasteiger partial charge is 0.497 e. The van der Waals surface area contributed by atoms with Crippen LogP contribution in [-0.2, 0) is 11.3 Å². The van der Waals surface area contributed by atoms with Crippen LogP contribution in [-0.4, -0.2) is 40.2 Å². The summed E-state index contributed by atoms with van der Waals surface area (Å²) in [6, 6.07) is 11.9. The lowest BCUT2D eigenvalue weighted by molar-refractivity contribution is -0.129. The highest BCUT2D eigenvalue weighted by atomic mass is 32.2. The van der Waals surface area contributed by atoms with Gasteiger partial charge in [-0.2, -0.15) is 0 Å². The van der Waals surface area contributed by atoms with Crippen molar-refractivity contribution in [3.8, 4) is 5.75 Å². The third-order valence-electron chi connectivity index (χ3n) is 3.99. The van der Waals surface area contributed by atoms with Crippen LogP contribution in [0, 0.1) is 5.82 Å². The Bertz CT molecular complexity index is 928. The number of nitrogens with one attached hydrogen (secondary N) is 1. The summed E-state index contributed by atoms with van der Waals surface area (Å²) in [5.41, 5.74) is 2.44. The van der Waals surface area contributed by atoms with Gasteiger partial charge in [-0.25, -0.2) is 9.37 Å². The number of halogens is 1. The zero-order valence-corrected chi connectivity index (χ0v) is 15.6. The fourth-order valence-corrected chi connectivity index (χ4v) is 3.60. The van der Waals surface area contributed by atoms with Crippen LogP contribution < -0.4 is 4.74 Å². The number of hydrogen-bond donors (Lipinski definition) is 1. The number of thioether (sulfide) groups is 1. The molecule has 1 heterocycles. The summed E-state index contributed by atoms with van der Waals surface area (Å²) in [6.45, 7) is 2.20. The molecule has 0 spiro atoms. The minimum Gasteiger partial charge on any atom is -0.497 e. The van der Waals surface area contributed by atoms with E-state index in [0.717, 1.165) is 22.3 Å². The predicted octanol–water partition coefficient (Wildman–Crippen LogP) is 3.85. The number of carbonyl (C=O) groups is 1. The molecule has 3 aromatic rings. The number of benzene rings is 2. The SMILES string of the molecule is COc1ccc2nc(S[C@H](C)C(=O)N(C)Cc3cccc(F)c3)[nH]c2c1. The summed E-state index contributed by atoms with van der Waals surface area (Å²) in [5, 5.41) is 0.351. The molecule has 7 heteroatoms. The highest BCUT2D eigenvalue weighted by molar-refractivity contribution is 8.00. The molecule has 136 valence electrons. The first-order chi connectivity index (χ1) is 12.5. The quantitative estimate of drug-likeness (QED) is 0.667. The number of methoxy groups -OCH3 is 1. The summed E-state index contributed by atoms with van der Waals surface area (Å²) in [7, 11) is 3.33. The number of imidazole rings is 1. The van der Waals surface area contributed by atoms with Gasteiger partial charge in [-0.05, 0) is 36.8 Å². The number of H-pyrrole nitrogens is 1. The second kappa shape index (κ2) is 7.78. The fraction of sp³-hybridized carbons (Fsp3) is 0.263. The van der Waals surface area contributed by atoms with Gasteiger partial charge in [-0.3, -0.25) is 4.79 Å². The Labute approximate surface area is 155 Å². The Morgan fingerprint density at radius 2 is 2.15 bits per heavy atom. The molecule has 26 heavy (non-hydrogen) atoms. The molecule has 0 aliphatic carbocycles. The van der Waals surface area contributed by atoms with Gasteiger partial charge in [-0.15, -0.1) is 0 Å². The molecule has 0 aliphatic heterocycles. The number of aromatic amines is 1. The number of rotatable bonds is 6. The highest BCUT2D eigenvalue weighted by Crippen LogP contribution is 2.26. The van der Waals surface area contributed by atoms with Crippen LogP contribution in [0.2, 0.25) is 0 Å². The lowest BCUT2D eigenvalue weighted by Crippen LogP contribution is -2.32. The van der Waals surface area contributed by atoms with Gasteiger partial charge in [0, 0.05) is 19.7 Å². The van der Waals surface area contributed by atoms with E-state index in [9.17, 15) is 9.18 Å². The van der Waals surface area contributed by atoms with E-state index in [2.05, 4.69) is 9.97 Å². The molecular formula is C19H20FN3O2S. The standard InChI is InChI=1S/C19H20FN3O2S/c1-12(18(24)23(2)11-13-5-4-6-14(20)9-13)26-19-21-16-8-7-15(25-3)10-17(16)22-19/h4-10,12H,11H2,1-3H3,(H,21,22)/t12-/m1/s1. The molecule has 3 rings (SSSR count). The van der Waals surface area contributed by atoms with Gasteiger partial charge in [0.05, 0.1) is 23.4 Å². The van der Waals surface area contributed by atoms with Gasteiger partial charge in [0.1, 0.15) is 11.6 Å². The molecule has 1 N–H and O–H groups in total. The molecule has 0 saturated carbocycles. The molecule has 5 nitrogen and oxygen atoms in total. The maximum absolute atomic E-state index is 13.3. The monoisotopic (exact) mass is 373 g/mol. The first-order valence-electron chi connectivity index (χ1n) is 8.16. The Kier molecular flexibility index (Phi) is 5.46. The molecule has 1 atom stereocenters. The molecule has 0 radical (unpaired) electrons. The number of nitrogens with zero attached hydrogens (tertiary/aromatic N) is 2. The van der Waals surface area contributed by atoms with Gasteiger partial charge >= 0.3 is 0 Å². The van der Waals surface area contributed by atoms with E-state index in [1.54, 1.807) is 31.2 Å². The summed E-state index contributed by atoms with van der Waals surface area (Å²) < 4.78 is 18.5. The summed E-state index contributed by atoms with van der Waals surface area (Å²) in [6.07, 6.45) is 0. The van der Waals surface area contributed by atoms with Crippen molar-refractivity contribution in [3.05, 3.63) is 53.8 Å². The number of fused-ring (bicyclic) bond motifs is 1. The summed E-state index contributed by atoms with van der Waals surface area (Å²) >= 11 is 1.36. The van der Waals surface area contributed by atoms with Gasteiger partial charge in [-0.1, -0.05) is 23.9 Å². The lowest BCUT2D eigenvalue weighted by Gasteiger charge is -2.20. The fourth-order valence-electron chi connectivity index (χ4n) is 2.66. The van der Waals surface area contributed by atoms with Crippen LogP contribution in [0.15, 0.2) is 47.6 Å². The topological polar surface area (TPSA) is 58.2 Å². The Balaban J connectivity index is 1.66. The van der Waals surface area contributed by atoms with E-state index >= 15 is 0 Å². The summed E-state index contributed by atoms with van der Waals surface area (Å²) in [5.74, 6) is 0.400. The van der Waals surface area contributed by atoms with Gasteiger partial charge in [0.15, 0.2) is 5.16 Å². The van der Waals surface area contributed by atoms with Crippen LogP contribution in [0.1, 0.15) is 12.5 Å². The van der Waals surface area contributed by atoms with Crippen LogP contribution >= 0.6 is 11.8 Å². The van der Waals surface area contributed by atoms with E-state index in [0.29, 0.717) is 11.7 Å². The predicted molar refractivity (Wildman–Crippen MR) is 101 cm³/mol. The molecule has 0 saturated heterocycles. The molecule has 1 amide bonds. The van der Waals surface area contributed by atoms with Gasteiger partial charge in [0.25, 0.3) is 0 Å². The van der Waals surface area contributed by atoms with Crippen LogP contribution in [0.3, 0.4) is 0 Å². The van der Waals surface area contributed by atoms with Gasteiger partial charge < -0.3 is 14.6 Å². The number of amides is 1. The van der Waals surface area contributed by atoms with E-state index < -0.39 is 0 Å². The van der Waals surface area contributed by atoms with Crippen molar-refractivity contribution in [2.24, 2.45) is 0 Å². The lowest BCUT2D eigenvalue weighted by atomic mass is 10.2. The molecule has 0 bridgehead atoms. The van der Waals surface area contributed by atoms with Crippen LogP contribution in [0.4, 0.5) is 4.39 Å². The Morgan fingerprint density at radius 3 is 2.88 bits per heavy atom. The first-order valence-corrected chi connectivity index (χ1v) is 9.04. The van der Waals surface area contributed by atoms with Crippen molar-refractivity contribution >= 4 is 28.7 Å². The second-order valence-electron chi connectivity index (χ2n) is 6.01. The zero-order valence-electron chi connectivity index (χ0n) is 14.8. The molecule has 1 aromatic heterocycles. The van der Waals surface area contributed by atoms with Crippen molar-refractivity contribution in [2.75, 3.05) is 14.2 Å². The van der Waals surface area contributed by atoms with E-state index in [1.807, 2.05) is 25.1 Å². The number of aromatic nitrogens is 2. The molecular weight excluding hydrogens is 353 g/mol. The smallest absolute Gasteiger partial charge is 0.235 e. The molecule has 0 fully saturated rings. The van der Waals surface area contributed by atoms with E-state index in [1.165, 1.54) is 23.9 Å². The number of carbonyl (C=O) groups excluding carboxylic acids is 1. The van der Waals surface area contributed by atoms with Crippen molar-refractivity contribution < 1.29 is 13.9 Å². The minimum atomic E-state index is -0.323. The summed E-state index contributed by atoms with van der Waals surface area (Å²) in [4.78, 5) is 21.9. The van der Waals surface area contributed by atoms with Crippen molar-refractivity contribution in [3.63, 3.8) is 0 Å². The average molecular weight is 373 g/mol. The maximum atomic E-state index is 13.3. The Morgan fingerprint density at radius 1 is 1.35 bits per heavy atom. The third-order valence-corrected chi connectivity index (χ3v) is 4.96. The van der Waals surface area contributed by atoms with Crippen LogP contribution in [0.5, 0.6) is 5.75 Å². The molecule has 2 aromatic carbocycles. The number of ether oxygens (including phenoxy) is 1. The molecule has 0 unspecified atom stereocenters. The van der Waals surface area contributed by atoms with Crippen LogP contribution in [0.25, 0.3) is 11.0 Å². The third kappa shape index (κ3) is 4.16. The average Bonchev–Trinajstić information content (AvgIpc) is 3.02. The van der Waals surface area contributed by atoms with E-state index in [4.69, 9.17) is 4.74 Å². The first kappa shape index (κ1) is 18.3.